The van der Waals surface area contributed by atoms with Gasteiger partial charge in [-0.15, -0.1) is 11.8 Å². The molecule has 0 radical (unpaired) electrons. The van der Waals surface area contributed by atoms with Crippen molar-refractivity contribution >= 4 is 23.4 Å². The second kappa shape index (κ2) is 6.72. The van der Waals surface area contributed by atoms with Gasteiger partial charge in [0.15, 0.2) is 11.6 Å². The van der Waals surface area contributed by atoms with Gasteiger partial charge in [0.25, 0.3) is 0 Å². The third-order valence-electron chi connectivity index (χ3n) is 2.93. The number of carbonyl (C=O) groups is 1. The van der Waals surface area contributed by atoms with E-state index in [0.717, 1.165) is 40.7 Å². The molecule has 110 valence electrons. The number of halogens is 2. The lowest BCUT2D eigenvalue weighted by Gasteiger charge is -2.09. The summed E-state index contributed by atoms with van der Waals surface area (Å²) in [5.41, 5.74) is 2.81. The van der Waals surface area contributed by atoms with Crippen molar-refractivity contribution in [2.24, 2.45) is 0 Å². The topological polar surface area (TPSA) is 29.1 Å². The Hall–Kier alpha value is -1.88. The zero-order valence-electron chi connectivity index (χ0n) is 11.7. The highest BCUT2D eigenvalue weighted by atomic mass is 32.2. The van der Waals surface area contributed by atoms with Gasteiger partial charge in [-0.2, -0.15) is 0 Å². The molecule has 0 aliphatic heterocycles. The molecule has 2 aromatic rings. The average Bonchev–Trinajstić information content (AvgIpc) is 2.44. The molecule has 0 saturated heterocycles. The number of thioether (sulfide) groups is 1. The molecular weight excluding hydrogens is 292 g/mol. The van der Waals surface area contributed by atoms with Crippen LogP contribution in [0.1, 0.15) is 11.1 Å². The molecule has 21 heavy (non-hydrogen) atoms. The highest BCUT2D eigenvalue weighted by molar-refractivity contribution is 8.00. The predicted octanol–water partition coefficient (Wildman–Crippen LogP) is 4.31. The first-order valence-corrected chi connectivity index (χ1v) is 7.39. The van der Waals surface area contributed by atoms with E-state index in [9.17, 15) is 13.6 Å². The van der Waals surface area contributed by atoms with Crippen molar-refractivity contribution < 1.29 is 13.6 Å². The summed E-state index contributed by atoms with van der Waals surface area (Å²) in [5.74, 6) is -1.84. The summed E-state index contributed by atoms with van der Waals surface area (Å²) in [6.45, 7) is 3.86. The van der Waals surface area contributed by atoms with Crippen LogP contribution in [0, 0.1) is 25.5 Å². The zero-order valence-corrected chi connectivity index (χ0v) is 12.6. The molecule has 0 aromatic heterocycles. The minimum absolute atomic E-state index is 0.137. The Morgan fingerprint density at radius 2 is 1.86 bits per heavy atom. The number of hydrogen-bond donors (Lipinski definition) is 1. The van der Waals surface area contributed by atoms with Crippen LogP contribution >= 0.6 is 11.8 Å². The molecule has 5 heteroatoms. The summed E-state index contributed by atoms with van der Waals surface area (Å²) in [6, 6.07) is 9.41. The van der Waals surface area contributed by atoms with E-state index in [1.165, 1.54) is 6.07 Å². The number of carbonyl (C=O) groups excluding carboxylic acids is 1. The fourth-order valence-corrected chi connectivity index (χ4v) is 2.49. The molecule has 0 aliphatic carbocycles. The molecule has 2 nitrogen and oxygen atoms in total. The molecule has 0 heterocycles. The normalized spacial score (nSPS) is 10.5. The van der Waals surface area contributed by atoms with Crippen LogP contribution in [0.15, 0.2) is 41.3 Å². The fourth-order valence-electron chi connectivity index (χ4n) is 1.77. The Balaban J connectivity index is 1.95. The van der Waals surface area contributed by atoms with E-state index in [1.807, 2.05) is 32.0 Å². The van der Waals surface area contributed by atoms with Crippen molar-refractivity contribution in [1.29, 1.82) is 0 Å². The molecule has 0 saturated carbocycles. The summed E-state index contributed by atoms with van der Waals surface area (Å²) in [6.07, 6.45) is 0. The van der Waals surface area contributed by atoms with Crippen LogP contribution in [0.3, 0.4) is 0 Å². The number of anilines is 1. The van der Waals surface area contributed by atoms with E-state index in [-0.39, 0.29) is 11.7 Å². The van der Waals surface area contributed by atoms with Gasteiger partial charge in [-0.05, 0) is 49.2 Å². The first-order valence-electron chi connectivity index (χ1n) is 6.40. The minimum atomic E-state index is -0.907. The summed E-state index contributed by atoms with van der Waals surface area (Å²) in [7, 11) is 0. The molecule has 1 N–H and O–H groups in total. The second-order valence-electron chi connectivity index (χ2n) is 4.73. The van der Waals surface area contributed by atoms with Crippen LogP contribution in [0.5, 0.6) is 0 Å². The monoisotopic (exact) mass is 307 g/mol. The van der Waals surface area contributed by atoms with Gasteiger partial charge in [-0.25, -0.2) is 8.78 Å². The van der Waals surface area contributed by atoms with Crippen molar-refractivity contribution in [2.75, 3.05) is 11.1 Å². The van der Waals surface area contributed by atoms with Crippen LogP contribution in [-0.4, -0.2) is 11.7 Å². The maximum absolute atomic E-state index is 13.1. The SMILES string of the molecule is Cc1ccc(C)c(NC(=O)CSc2ccc(F)c(F)c2)c1. The van der Waals surface area contributed by atoms with E-state index < -0.39 is 11.6 Å². The molecular formula is C16H15F2NOS. The van der Waals surface area contributed by atoms with Crippen molar-refractivity contribution in [2.45, 2.75) is 18.7 Å². The van der Waals surface area contributed by atoms with Crippen LogP contribution in [0.2, 0.25) is 0 Å². The van der Waals surface area contributed by atoms with E-state index in [2.05, 4.69) is 5.32 Å². The maximum Gasteiger partial charge on any atom is 0.234 e. The van der Waals surface area contributed by atoms with Crippen molar-refractivity contribution in [3.05, 3.63) is 59.2 Å². The van der Waals surface area contributed by atoms with Gasteiger partial charge in [0.1, 0.15) is 0 Å². The van der Waals surface area contributed by atoms with Crippen LogP contribution < -0.4 is 5.32 Å². The quantitative estimate of drug-likeness (QED) is 0.853. The van der Waals surface area contributed by atoms with Crippen LogP contribution in [-0.2, 0) is 4.79 Å². The molecule has 2 aromatic carbocycles. The van der Waals surface area contributed by atoms with Gasteiger partial charge >= 0.3 is 0 Å². The van der Waals surface area contributed by atoms with E-state index in [1.54, 1.807) is 0 Å². The van der Waals surface area contributed by atoms with Gasteiger partial charge in [-0.3, -0.25) is 4.79 Å². The Morgan fingerprint density at radius 3 is 2.57 bits per heavy atom. The predicted molar refractivity (Wildman–Crippen MR) is 81.6 cm³/mol. The molecule has 2 rings (SSSR count). The second-order valence-corrected chi connectivity index (χ2v) is 5.78. The van der Waals surface area contributed by atoms with Crippen LogP contribution in [0.25, 0.3) is 0 Å². The number of amides is 1. The maximum atomic E-state index is 13.1. The third-order valence-corrected chi connectivity index (χ3v) is 3.92. The molecule has 1 amide bonds. The molecule has 0 unspecified atom stereocenters. The summed E-state index contributed by atoms with van der Waals surface area (Å²) < 4.78 is 25.9. The van der Waals surface area contributed by atoms with Crippen LogP contribution in [0.4, 0.5) is 14.5 Å². The van der Waals surface area contributed by atoms with Gasteiger partial charge in [0.2, 0.25) is 5.91 Å². The fraction of sp³-hybridized carbons (Fsp3) is 0.188. The smallest absolute Gasteiger partial charge is 0.234 e. The van der Waals surface area contributed by atoms with Crippen molar-refractivity contribution in [3.63, 3.8) is 0 Å². The largest absolute Gasteiger partial charge is 0.325 e. The summed E-state index contributed by atoms with van der Waals surface area (Å²) in [4.78, 5) is 12.4. The lowest BCUT2D eigenvalue weighted by Crippen LogP contribution is -2.14. The van der Waals surface area contributed by atoms with Crippen molar-refractivity contribution in [3.8, 4) is 0 Å². The summed E-state index contributed by atoms with van der Waals surface area (Å²) >= 11 is 1.16. The lowest BCUT2D eigenvalue weighted by molar-refractivity contribution is -0.113. The van der Waals surface area contributed by atoms with Gasteiger partial charge in [-0.1, -0.05) is 12.1 Å². The first kappa shape index (κ1) is 15.5. The Morgan fingerprint density at radius 1 is 1.10 bits per heavy atom. The lowest BCUT2D eigenvalue weighted by atomic mass is 10.1. The first-order chi connectivity index (χ1) is 9.95. The van der Waals surface area contributed by atoms with Gasteiger partial charge in [0, 0.05) is 10.6 Å². The molecule has 0 aliphatic rings. The number of hydrogen-bond acceptors (Lipinski definition) is 2. The number of benzene rings is 2. The zero-order chi connectivity index (χ0) is 15.4. The highest BCUT2D eigenvalue weighted by Crippen LogP contribution is 2.21. The Bertz CT molecular complexity index is 673. The van der Waals surface area contributed by atoms with E-state index in [0.29, 0.717) is 4.90 Å². The molecule has 0 spiro atoms. The highest BCUT2D eigenvalue weighted by Gasteiger charge is 2.08. The number of nitrogens with one attached hydrogen (secondary N) is 1. The Kier molecular flexibility index (Phi) is 4.96. The van der Waals surface area contributed by atoms with Gasteiger partial charge in [0.05, 0.1) is 5.75 Å². The van der Waals surface area contributed by atoms with E-state index in [4.69, 9.17) is 0 Å². The molecule has 0 fully saturated rings. The Labute approximate surface area is 126 Å². The molecule has 0 bridgehead atoms. The standard InChI is InChI=1S/C16H15F2NOS/c1-10-3-4-11(2)15(7-10)19-16(20)9-21-12-5-6-13(17)14(18)8-12/h3-8H,9H2,1-2H3,(H,19,20). The number of aryl methyl sites for hydroxylation is 2. The summed E-state index contributed by atoms with van der Waals surface area (Å²) in [5, 5.41) is 2.82. The number of rotatable bonds is 4. The average molecular weight is 307 g/mol. The third kappa shape index (κ3) is 4.29. The van der Waals surface area contributed by atoms with Gasteiger partial charge < -0.3 is 5.32 Å². The minimum Gasteiger partial charge on any atom is -0.325 e. The molecule has 0 atom stereocenters. The van der Waals surface area contributed by atoms with E-state index >= 15 is 0 Å². The van der Waals surface area contributed by atoms with Crippen molar-refractivity contribution in [1.82, 2.24) is 0 Å².